The number of nitrogens with zero attached hydrogens (tertiary/aromatic N) is 2. The van der Waals surface area contributed by atoms with Crippen molar-refractivity contribution < 1.29 is 22.4 Å². The molecule has 0 aromatic heterocycles. The van der Waals surface area contributed by atoms with E-state index in [0.29, 0.717) is 0 Å². The minimum Gasteiger partial charge on any atom is -0.350 e. The average Bonchev–Trinajstić information content (AvgIpc) is 2.98. The lowest BCUT2D eigenvalue weighted by atomic mass is 10.0. The fraction of sp³-hybridized carbons (Fsp3) is 0.257. The topological polar surface area (TPSA) is 86.8 Å². The van der Waals surface area contributed by atoms with E-state index < -0.39 is 45.8 Å². The highest BCUT2D eigenvalue weighted by atomic mass is 35.5. The number of carbonyl (C=O) groups excluding carboxylic acids is 2. The zero-order chi connectivity index (χ0) is 32.8. The number of anilines is 1. The molecule has 0 bridgehead atoms. The van der Waals surface area contributed by atoms with Crippen molar-refractivity contribution >= 4 is 39.1 Å². The molecule has 1 atom stereocenters. The van der Waals surface area contributed by atoms with E-state index in [4.69, 9.17) is 11.6 Å². The molecule has 1 N–H and O–H groups in total. The van der Waals surface area contributed by atoms with Crippen molar-refractivity contribution in [2.45, 2.75) is 57.1 Å². The lowest BCUT2D eigenvalue weighted by molar-refractivity contribution is -0.140. The normalized spacial score (nSPS) is 12.3. The molecule has 236 valence electrons. The van der Waals surface area contributed by atoms with E-state index >= 15 is 4.39 Å². The molecule has 0 aliphatic rings. The molecule has 4 aromatic carbocycles. The van der Waals surface area contributed by atoms with Crippen LogP contribution in [0.2, 0.25) is 5.02 Å². The van der Waals surface area contributed by atoms with Crippen LogP contribution in [0.15, 0.2) is 108 Å². The van der Waals surface area contributed by atoms with E-state index in [0.717, 1.165) is 15.4 Å². The number of hydrogen-bond donors (Lipinski definition) is 1. The van der Waals surface area contributed by atoms with Crippen molar-refractivity contribution in [3.8, 4) is 0 Å². The number of hydrogen-bond acceptors (Lipinski definition) is 4. The van der Waals surface area contributed by atoms with Crippen LogP contribution in [0.25, 0.3) is 0 Å². The van der Waals surface area contributed by atoms with Crippen molar-refractivity contribution in [2.24, 2.45) is 0 Å². The highest BCUT2D eigenvalue weighted by Gasteiger charge is 2.36. The molecule has 0 aliphatic heterocycles. The number of amides is 2. The number of aryl methyl sites for hydroxylation is 1. The number of benzene rings is 4. The smallest absolute Gasteiger partial charge is 0.264 e. The molecule has 4 rings (SSSR count). The molecule has 2 amide bonds. The second-order valence-electron chi connectivity index (χ2n) is 11.9. The quantitative estimate of drug-likeness (QED) is 0.200. The van der Waals surface area contributed by atoms with E-state index in [1.54, 1.807) is 36.4 Å². The van der Waals surface area contributed by atoms with Crippen molar-refractivity contribution in [1.82, 2.24) is 10.2 Å². The van der Waals surface area contributed by atoms with Crippen LogP contribution < -0.4 is 9.62 Å². The first-order valence-electron chi connectivity index (χ1n) is 14.5. The van der Waals surface area contributed by atoms with E-state index in [9.17, 15) is 18.0 Å². The number of sulfonamides is 1. The first kappa shape index (κ1) is 33.7. The van der Waals surface area contributed by atoms with Crippen molar-refractivity contribution in [3.63, 3.8) is 0 Å². The lowest BCUT2D eigenvalue weighted by Gasteiger charge is -2.35. The average molecular weight is 650 g/mol. The number of rotatable bonds is 11. The Morgan fingerprint density at radius 2 is 1.53 bits per heavy atom. The van der Waals surface area contributed by atoms with Gasteiger partial charge < -0.3 is 10.2 Å². The maximum Gasteiger partial charge on any atom is 0.264 e. The Bertz CT molecular complexity index is 1740. The molecule has 7 nitrogen and oxygen atoms in total. The molecule has 0 radical (unpaired) electrons. The summed E-state index contributed by atoms with van der Waals surface area (Å²) in [5, 5.41) is 3.23. The van der Waals surface area contributed by atoms with Crippen LogP contribution in [0, 0.1) is 12.7 Å². The third kappa shape index (κ3) is 8.93. The Kier molecular flexibility index (Phi) is 10.7. The third-order valence-electron chi connectivity index (χ3n) is 7.05. The van der Waals surface area contributed by atoms with Gasteiger partial charge >= 0.3 is 0 Å². The molecule has 4 aromatic rings. The zero-order valence-electron chi connectivity index (χ0n) is 25.7. The zero-order valence-corrected chi connectivity index (χ0v) is 27.3. The summed E-state index contributed by atoms with van der Waals surface area (Å²) in [7, 11) is -4.28. The predicted octanol–water partition coefficient (Wildman–Crippen LogP) is 6.54. The van der Waals surface area contributed by atoms with Gasteiger partial charge in [0.15, 0.2) is 0 Å². The minimum absolute atomic E-state index is 0.0205. The van der Waals surface area contributed by atoms with Crippen LogP contribution in [-0.4, -0.2) is 43.3 Å². The van der Waals surface area contributed by atoms with Gasteiger partial charge in [0.25, 0.3) is 10.0 Å². The van der Waals surface area contributed by atoms with Gasteiger partial charge in [-0.3, -0.25) is 13.9 Å². The third-order valence-corrected chi connectivity index (χ3v) is 9.08. The summed E-state index contributed by atoms with van der Waals surface area (Å²) in [6, 6.07) is 26.5. The molecule has 0 aliphatic carbocycles. The number of carbonyl (C=O) groups is 2. The van der Waals surface area contributed by atoms with Crippen molar-refractivity contribution in [1.29, 1.82) is 0 Å². The van der Waals surface area contributed by atoms with Gasteiger partial charge in [-0.05, 0) is 69.7 Å². The summed E-state index contributed by atoms with van der Waals surface area (Å²) in [6.07, 6.45) is 0.116. The minimum atomic E-state index is -4.28. The highest BCUT2D eigenvalue weighted by Crippen LogP contribution is 2.27. The van der Waals surface area contributed by atoms with Crippen LogP contribution in [0.5, 0.6) is 0 Å². The molecule has 0 saturated carbocycles. The molecule has 0 heterocycles. The highest BCUT2D eigenvalue weighted by molar-refractivity contribution is 7.92. The standard InChI is InChI=1S/C35H37ClFN3O4S/c1-25-17-19-30(20-18-25)45(43,44)40(29-15-10-14-28(36)22-29)24-33(41)39(23-27-13-8-9-16-31(27)37)32(34(42)38-35(2,3)4)21-26-11-6-5-7-12-26/h5-20,22,32H,21,23-24H2,1-4H3,(H,38,42). The van der Waals surface area contributed by atoms with Gasteiger partial charge in [-0.15, -0.1) is 0 Å². The molecule has 0 fully saturated rings. The molecule has 0 spiro atoms. The van der Waals surface area contributed by atoms with Gasteiger partial charge in [-0.25, -0.2) is 12.8 Å². The predicted molar refractivity (Wildman–Crippen MR) is 176 cm³/mol. The van der Waals surface area contributed by atoms with Crippen LogP contribution in [0.3, 0.4) is 0 Å². The Hall–Kier alpha value is -4.21. The van der Waals surface area contributed by atoms with E-state index in [1.807, 2.05) is 58.0 Å². The van der Waals surface area contributed by atoms with Crippen LogP contribution in [0.1, 0.15) is 37.5 Å². The van der Waals surface area contributed by atoms with Crippen molar-refractivity contribution in [2.75, 3.05) is 10.8 Å². The summed E-state index contributed by atoms with van der Waals surface area (Å²) >= 11 is 6.26. The summed E-state index contributed by atoms with van der Waals surface area (Å²) in [5.41, 5.74) is 1.35. The first-order chi connectivity index (χ1) is 21.2. The Morgan fingerprint density at radius 3 is 2.16 bits per heavy atom. The second kappa shape index (κ2) is 14.3. The molecular formula is C35H37ClFN3O4S. The van der Waals surface area contributed by atoms with E-state index in [-0.39, 0.29) is 34.1 Å². The number of nitrogens with one attached hydrogen (secondary N) is 1. The fourth-order valence-electron chi connectivity index (χ4n) is 4.81. The van der Waals surface area contributed by atoms with Crippen LogP contribution in [0.4, 0.5) is 10.1 Å². The SMILES string of the molecule is Cc1ccc(S(=O)(=O)N(CC(=O)N(Cc2ccccc2F)C(Cc2ccccc2)C(=O)NC(C)(C)C)c2cccc(Cl)c2)cc1. The fourth-order valence-corrected chi connectivity index (χ4v) is 6.40. The van der Waals surface area contributed by atoms with Crippen LogP contribution in [-0.2, 0) is 32.6 Å². The summed E-state index contributed by atoms with van der Waals surface area (Å²) in [5.74, 6) is -1.70. The second-order valence-corrected chi connectivity index (χ2v) is 14.2. The molecule has 45 heavy (non-hydrogen) atoms. The lowest BCUT2D eigenvalue weighted by Crippen LogP contribution is -2.56. The Morgan fingerprint density at radius 1 is 0.889 bits per heavy atom. The summed E-state index contributed by atoms with van der Waals surface area (Å²) in [4.78, 5) is 29.6. The van der Waals surface area contributed by atoms with Gasteiger partial charge in [0, 0.05) is 29.1 Å². The Labute approximate surface area is 269 Å². The van der Waals surface area contributed by atoms with Gasteiger partial charge in [0.05, 0.1) is 10.6 Å². The number of halogens is 2. The van der Waals surface area contributed by atoms with Gasteiger partial charge in [-0.2, -0.15) is 0 Å². The maximum absolute atomic E-state index is 15.0. The largest absolute Gasteiger partial charge is 0.350 e. The maximum atomic E-state index is 15.0. The van der Waals surface area contributed by atoms with Gasteiger partial charge in [0.1, 0.15) is 18.4 Å². The van der Waals surface area contributed by atoms with Crippen LogP contribution >= 0.6 is 11.6 Å². The molecule has 1 unspecified atom stereocenters. The molecular weight excluding hydrogens is 613 g/mol. The summed E-state index contributed by atoms with van der Waals surface area (Å²) < 4.78 is 44.2. The van der Waals surface area contributed by atoms with Gasteiger partial charge in [0.2, 0.25) is 11.8 Å². The Balaban J connectivity index is 1.83. The van der Waals surface area contributed by atoms with E-state index in [2.05, 4.69) is 5.32 Å². The van der Waals surface area contributed by atoms with E-state index in [1.165, 1.54) is 41.3 Å². The van der Waals surface area contributed by atoms with Gasteiger partial charge in [-0.1, -0.05) is 83.9 Å². The summed E-state index contributed by atoms with van der Waals surface area (Å²) in [6.45, 7) is 6.37. The van der Waals surface area contributed by atoms with Crippen molar-refractivity contribution in [3.05, 3.63) is 131 Å². The monoisotopic (exact) mass is 649 g/mol. The first-order valence-corrected chi connectivity index (χ1v) is 16.3. The molecule has 0 saturated heterocycles. The molecule has 10 heteroatoms.